The molecule has 0 amide bonds. The Morgan fingerprint density at radius 1 is 1.16 bits per heavy atom. The molecule has 1 aliphatic heterocycles. The molecule has 32 heavy (non-hydrogen) atoms. The van der Waals surface area contributed by atoms with E-state index >= 15 is 0 Å². The highest BCUT2D eigenvalue weighted by Gasteiger charge is 2.48. The third-order valence-electron chi connectivity index (χ3n) is 6.48. The molecule has 3 aromatic rings. The van der Waals surface area contributed by atoms with Gasteiger partial charge in [-0.05, 0) is 55.3 Å². The van der Waals surface area contributed by atoms with E-state index in [0.29, 0.717) is 5.41 Å². The number of aromatic nitrogens is 2. The molecular weight excluding hydrogens is 454 g/mol. The van der Waals surface area contributed by atoms with Gasteiger partial charge in [0.2, 0.25) is 5.13 Å². The van der Waals surface area contributed by atoms with Crippen LogP contribution in [0.3, 0.4) is 0 Å². The standard InChI is InChI=1S/C22H22F2N4O2S2.H2/c23-17-11-20(32(29,30)27-21-25-14-26-31-21)18(24)10-16(17)13-28-9-8-22(6-7-22)12-19(28)15-4-2-1-3-5-15;/h1-5,10-11,14,19H,6-9,12-13H2,(H,25,26,27);1H/t19-;/m1./s1. The van der Waals surface area contributed by atoms with E-state index in [2.05, 4.69) is 31.1 Å². The summed E-state index contributed by atoms with van der Waals surface area (Å²) in [6.07, 6.45) is 5.66. The fourth-order valence-corrected chi connectivity index (χ4v) is 6.24. The maximum Gasteiger partial charge on any atom is 0.266 e. The zero-order valence-corrected chi connectivity index (χ0v) is 18.8. The molecule has 1 aliphatic carbocycles. The molecule has 6 nitrogen and oxygen atoms in total. The van der Waals surface area contributed by atoms with Gasteiger partial charge in [0, 0.05) is 31.1 Å². The minimum Gasteiger partial charge on any atom is -0.292 e. The van der Waals surface area contributed by atoms with Crippen LogP contribution in [0.25, 0.3) is 0 Å². The van der Waals surface area contributed by atoms with Gasteiger partial charge in [-0.25, -0.2) is 22.2 Å². The number of hydrogen-bond acceptors (Lipinski definition) is 6. The van der Waals surface area contributed by atoms with Crippen LogP contribution in [0.5, 0.6) is 0 Å². The van der Waals surface area contributed by atoms with E-state index in [9.17, 15) is 17.2 Å². The van der Waals surface area contributed by atoms with Gasteiger partial charge in [-0.1, -0.05) is 30.3 Å². The van der Waals surface area contributed by atoms with Crippen LogP contribution in [0, 0.1) is 17.0 Å². The van der Waals surface area contributed by atoms with E-state index in [0.717, 1.165) is 43.1 Å². The Morgan fingerprint density at radius 3 is 2.62 bits per heavy atom. The second-order valence-corrected chi connectivity index (χ2v) is 11.0. The van der Waals surface area contributed by atoms with Crippen molar-refractivity contribution in [3.63, 3.8) is 0 Å². The minimum absolute atomic E-state index is 0. The summed E-state index contributed by atoms with van der Waals surface area (Å²) >= 11 is 0.810. The first-order valence-electron chi connectivity index (χ1n) is 10.4. The minimum atomic E-state index is -4.32. The van der Waals surface area contributed by atoms with Crippen LogP contribution in [-0.4, -0.2) is 29.2 Å². The van der Waals surface area contributed by atoms with Crippen molar-refractivity contribution in [1.82, 2.24) is 14.3 Å². The first-order valence-corrected chi connectivity index (χ1v) is 12.7. The predicted molar refractivity (Wildman–Crippen MR) is 120 cm³/mol. The second-order valence-electron chi connectivity index (χ2n) is 8.58. The molecule has 2 heterocycles. The number of sulfonamides is 1. The van der Waals surface area contributed by atoms with Gasteiger partial charge in [-0.15, -0.1) is 0 Å². The second kappa shape index (κ2) is 8.17. The molecule has 1 N–H and O–H groups in total. The summed E-state index contributed by atoms with van der Waals surface area (Å²) in [6.45, 7) is 1.00. The highest BCUT2D eigenvalue weighted by molar-refractivity contribution is 7.93. The molecular formula is C22H24F2N4O2S2. The maximum absolute atomic E-state index is 15.0. The van der Waals surface area contributed by atoms with E-state index in [1.54, 1.807) is 0 Å². The van der Waals surface area contributed by atoms with Crippen molar-refractivity contribution in [3.05, 3.63) is 71.6 Å². The molecule has 0 radical (unpaired) electrons. The molecule has 0 bridgehead atoms. The van der Waals surface area contributed by atoms with Crippen LogP contribution >= 0.6 is 11.5 Å². The van der Waals surface area contributed by atoms with Crippen LogP contribution < -0.4 is 4.72 Å². The van der Waals surface area contributed by atoms with Crippen LogP contribution in [-0.2, 0) is 16.6 Å². The van der Waals surface area contributed by atoms with Gasteiger partial charge in [0.25, 0.3) is 10.0 Å². The summed E-state index contributed by atoms with van der Waals surface area (Å²) < 4.78 is 60.6. The molecule has 2 aromatic carbocycles. The van der Waals surface area contributed by atoms with E-state index in [1.807, 2.05) is 18.2 Å². The summed E-state index contributed by atoms with van der Waals surface area (Å²) in [6, 6.07) is 12.0. The highest BCUT2D eigenvalue weighted by Crippen LogP contribution is 2.58. The molecule has 2 aliphatic rings. The fourth-order valence-electron chi connectivity index (χ4n) is 4.51. The summed E-state index contributed by atoms with van der Waals surface area (Å²) in [5.74, 6) is -1.74. The Hall–Kier alpha value is -2.43. The Kier molecular flexibility index (Phi) is 5.47. The number of likely N-dealkylation sites (tertiary alicyclic amines) is 1. The SMILES string of the molecule is O=S(=O)(Nc1ncns1)c1cc(F)c(CN2CCC3(CC3)C[C@@H]2c2ccccc2)cc1F.[HH]. The number of halogens is 2. The van der Waals surface area contributed by atoms with Crippen LogP contribution in [0.2, 0.25) is 0 Å². The van der Waals surface area contributed by atoms with Gasteiger partial charge in [0.05, 0.1) is 0 Å². The van der Waals surface area contributed by atoms with Crippen molar-refractivity contribution in [1.29, 1.82) is 0 Å². The van der Waals surface area contributed by atoms with Crippen LogP contribution in [0.4, 0.5) is 13.9 Å². The van der Waals surface area contributed by atoms with Gasteiger partial charge in [0.1, 0.15) is 22.9 Å². The van der Waals surface area contributed by atoms with Crippen LogP contribution in [0.1, 0.15) is 44.3 Å². The molecule has 1 saturated heterocycles. The molecule has 170 valence electrons. The lowest BCUT2D eigenvalue weighted by molar-refractivity contribution is 0.0928. The molecule has 2 fully saturated rings. The average molecular weight is 479 g/mol. The lowest BCUT2D eigenvalue weighted by Crippen LogP contribution is -2.37. The van der Waals surface area contributed by atoms with Gasteiger partial charge in [-0.2, -0.15) is 4.37 Å². The van der Waals surface area contributed by atoms with Crippen LogP contribution in [0.15, 0.2) is 53.7 Å². The summed E-state index contributed by atoms with van der Waals surface area (Å²) in [4.78, 5) is 5.15. The summed E-state index contributed by atoms with van der Waals surface area (Å²) in [7, 11) is -4.32. The lowest BCUT2D eigenvalue weighted by Gasteiger charge is -2.40. The lowest BCUT2D eigenvalue weighted by atomic mass is 9.84. The van der Waals surface area contributed by atoms with Crippen molar-refractivity contribution >= 4 is 26.7 Å². The normalized spacial score (nSPS) is 20.4. The third kappa shape index (κ3) is 4.26. The quantitative estimate of drug-likeness (QED) is 0.541. The zero-order chi connectivity index (χ0) is 22.3. The molecule has 0 unspecified atom stereocenters. The molecule has 1 spiro atoms. The number of hydrogen-bond donors (Lipinski definition) is 1. The summed E-state index contributed by atoms with van der Waals surface area (Å²) in [5, 5.41) is -0.0121. The summed E-state index contributed by atoms with van der Waals surface area (Å²) in [5.41, 5.74) is 1.69. The highest BCUT2D eigenvalue weighted by atomic mass is 32.2. The van der Waals surface area contributed by atoms with Gasteiger partial charge in [-0.3, -0.25) is 9.62 Å². The number of nitrogens with one attached hydrogen (secondary N) is 1. The van der Waals surface area contributed by atoms with Crippen molar-refractivity contribution in [2.45, 2.75) is 43.2 Å². The molecule has 10 heteroatoms. The number of benzene rings is 2. The Labute approximate surface area is 191 Å². The van der Waals surface area contributed by atoms with E-state index in [-0.39, 0.29) is 24.7 Å². The molecule has 1 aromatic heterocycles. The average Bonchev–Trinajstić information content (AvgIpc) is 3.33. The van der Waals surface area contributed by atoms with Crippen molar-refractivity contribution in [2.24, 2.45) is 5.41 Å². The monoisotopic (exact) mass is 478 g/mol. The zero-order valence-electron chi connectivity index (χ0n) is 17.2. The van der Waals surface area contributed by atoms with E-state index in [1.165, 1.54) is 24.7 Å². The van der Waals surface area contributed by atoms with Gasteiger partial charge >= 0.3 is 0 Å². The van der Waals surface area contributed by atoms with Gasteiger partial charge < -0.3 is 0 Å². The van der Waals surface area contributed by atoms with Crippen molar-refractivity contribution in [3.8, 4) is 0 Å². The van der Waals surface area contributed by atoms with E-state index < -0.39 is 26.6 Å². The number of rotatable bonds is 6. The number of nitrogens with zero attached hydrogens (tertiary/aromatic N) is 3. The smallest absolute Gasteiger partial charge is 0.266 e. The molecule has 1 saturated carbocycles. The Bertz CT molecular complexity index is 1220. The first kappa shape index (κ1) is 21.4. The van der Waals surface area contributed by atoms with Crippen molar-refractivity contribution < 1.29 is 18.6 Å². The topological polar surface area (TPSA) is 75.2 Å². The fraction of sp³-hybridized carbons (Fsp3) is 0.364. The largest absolute Gasteiger partial charge is 0.292 e. The number of anilines is 1. The predicted octanol–water partition coefficient (Wildman–Crippen LogP) is 4.98. The first-order chi connectivity index (χ1) is 15.4. The number of piperidine rings is 1. The Morgan fingerprint density at radius 2 is 1.94 bits per heavy atom. The maximum atomic E-state index is 15.0. The van der Waals surface area contributed by atoms with Gasteiger partial charge in [0.15, 0.2) is 0 Å². The molecule has 5 rings (SSSR count). The molecule has 1 atom stereocenters. The Balaban J connectivity index is 0.00000259. The third-order valence-corrected chi connectivity index (χ3v) is 8.55. The van der Waals surface area contributed by atoms with Crippen molar-refractivity contribution in [2.75, 3.05) is 11.3 Å². The van der Waals surface area contributed by atoms with E-state index in [4.69, 9.17) is 0 Å².